The molecule has 2 aliphatic carbocycles. The molecule has 196 valence electrons. The fourth-order valence-electron chi connectivity index (χ4n) is 3.52. The molecule has 1 atom stereocenters. The number of carbonyl (C=O) groups is 1. The van der Waals surface area contributed by atoms with Crippen LogP contribution in [0.25, 0.3) is 0 Å². The fourth-order valence-corrected chi connectivity index (χ4v) is 3.52. The topological polar surface area (TPSA) is 125 Å². The number of nitrogen functional groups attached to an aromatic ring is 1. The SMILES string of the molecule is CC(NC(=O)C/C=C(C#N)\C=N/CNCC1=CC=C(Oc2ccnc(N)c2)CC=C1)C1=CC=C(F)CC=C1. The van der Waals surface area contributed by atoms with Gasteiger partial charge in [0.1, 0.15) is 29.2 Å². The maximum Gasteiger partial charge on any atom is 0.224 e. The van der Waals surface area contributed by atoms with Gasteiger partial charge in [-0.2, -0.15) is 5.26 Å². The third-order valence-electron chi connectivity index (χ3n) is 5.49. The monoisotopic (exact) mass is 514 g/mol. The van der Waals surface area contributed by atoms with Gasteiger partial charge in [-0.3, -0.25) is 15.1 Å². The number of amides is 1. The first-order valence-electron chi connectivity index (χ1n) is 12.2. The standard InChI is InChI=1S/C29H31FN6O2/c1-21(24-5-3-6-25(30)11-10-24)36-29(37)13-9-23(17-31)19-34-20-33-18-22-4-2-7-26(12-8-22)38-27-14-15-35-28(32)16-27/h2-5,8-12,14-16,19,21,33H,6-7,13,18,20H2,1H3,(H2,32,35)(H,36,37)/b23-9-,34-19-. The molecule has 1 aromatic rings. The van der Waals surface area contributed by atoms with Crippen LogP contribution >= 0.6 is 0 Å². The van der Waals surface area contributed by atoms with E-state index in [1.807, 2.05) is 37.3 Å². The zero-order valence-electron chi connectivity index (χ0n) is 21.2. The van der Waals surface area contributed by atoms with Crippen LogP contribution in [0.5, 0.6) is 5.75 Å². The second-order valence-electron chi connectivity index (χ2n) is 8.55. The van der Waals surface area contributed by atoms with Gasteiger partial charge >= 0.3 is 0 Å². The molecule has 1 unspecified atom stereocenters. The molecule has 4 N–H and O–H groups in total. The molecule has 0 aliphatic heterocycles. The maximum atomic E-state index is 13.3. The van der Waals surface area contributed by atoms with Crippen molar-refractivity contribution in [2.45, 2.75) is 32.2 Å². The van der Waals surface area contributed by atoms with Gasteiger partial charge in [-0.1, -0.05) is 42.5 Å². The number of hydrogen-bond donors (Lipinski definition) is 3. The van der Waals surface area contributed by atoms with Gasteiger partial charge in [-0.25, -0.2) is 9.37 Å². The van der Waals surface area contributed by atoms with Crippen LogP contribution in [0.15, 0.2) is 106 Å². The highest BCUT2D eigenvalue weighted by Crippen LogP contribution is 2.19. The Morgan fingerprint density at radius 2 is 2.13 bits per heavy atom. The Balaban J connectivity index is 1.42. The third-order valence-corrected chi connectivity index (χ3v) is 5.49. The summed E-state index contributed by atoms with van der Waals surface area (Å²) in [5.41, 5.74) is 7.84. The van der Waals surface area contributed by atoms with Crippen molar-refractivity contribution in [2.75, 3.05) is 18.9 Å². The van der Waals surface area contributed by atoms with E-state index in [0.29, 0.717) is 36.8 Å². The minimum absolute atomic E-state index is 0.0361. The van der Waals surface area contributed by atoms with Crippen LogP contribution in [0.1, 0.15) is 26.2 Å². The number of rotatable bonds is 11. The van der Waals surface area contributed by atoms with Crippen LogP contribution in [0.2, 0.25) is 0 Å². The predicted octanol–water partition coefficient (Wildman–Crippen LogP) is 4.52. The smallest absolute Gasteiger partial charge is 0.224 e. The average Bonchev–Trinajstić information content (AvgIpc) is 3.25. The number of carbonyl (C=O) groups excluding carboxylic acids is 1. The average molecular weight is 515 g/mol. The molecule has 1 aromatic heterocycles. The number of halogens is 1. The normalized spacial score (nSPS) is 16.4. The molecule has 1 amide bonds. The fraction of sp³-hybridized carbons (Fsp3) is 0.241. The molecular formula is C29H31FN6O2. The van der Waals surface area contributed by atoms with Gasteiger partial charge in [0.05, 0.1) is 18.3 Å². The van der Waals surface area contributed by atoms with Crippen LogP contribution < -0.4 is 21.1 Å². The molecule has 0 saturated carbocycles. The summed E-state index contributed by atoms with van der Waals surface area (Å²) in [4.78, 5) is 20.5. The second kappa shape index (κ2) is 14.9. The van der Waals surface area contributed by atoms with E-state index in [1.165, 1.54) is 18.4 Å². The van der Waals surface area contributed by atoms with Crippen molar-refractivity contribution in [3.8, 4) is 11.8 Å². The van der Waals surface area contributed by atoms with Crippen molar-refractivity contribution in [1.82, 2.24) is 15.6 Å². The van der Waals surface area contributed by atoms with E-state index >= 15 is 0 Å². The minimum Gasteiger partial charge on any atom is -0.461 e. The number of aromatic nitrogens is 1. The lowest BCUT2D eigenvalue weighted by atomic mass is 10.1. The first kappa shape index (κ1) is 28.0. The van der Waals surface area contributed by atoms with Crippen molar-refractivity contribution in [3.63, 3.8) is 0 Å². The zero-order valence-corrected chi connectivity index (χ0v) is 21.2. The van der Waals surface area contributed by atoms with Gasteiger partial charge in [0.2, 0.25) is 5.91 Å². The molecule has 1 heterocycles. The third kappa shape index (κ3) is 9.84. The number of pyridine rings is 1. The number of allylic oxidation sites excluding steroid dienone is 8. The van der Waals surface area contributed by atoms with Crippen LogP contribution in [0, 0.1) is 11.3 Å². The highest BCUT2D eigenvalue weighted by atomic mass is 19.1. The molecule has 38 heavy (non-hydrogen) atoms. The lowest BCUT2D eigenvalue weighted by Crippen LogP contribution is -2.33. The van der Waals surface area contributed by atoms with E-state index in [-0.39, 0.29) is 30.6 Å². The number of ether oxygens (including phenoxy) is 1. The van der Waals surface area contributed by atoms with Crippen LogP contribution in [0.4, 0.5) is 10.2 Å². The summed E-state index contributed by atoms with van der Waals surface area (Å²) in [5, 5.41) is 15.4. The molecule has 9 heteroatoms. The number of nitrogens with two attached hydrogens (primary N) is 1. The Hall–Kier alpha value is -4.55. The number of hydrogen-bond acceptors (Lipinski definition) is 7. The number of aliphatic imine (C=N–C) groups is 1. The summed E-state index contributed by atoms with van der Waals surface area (Å²) >= 11 is 0. The molecule has 0 spiro atoms. The molecule has 0 aromatic carbocycles. The largest absolute Gasteiger partial charge is 0.461 e. The van der Waals surface area contributed by atoms with Gasteiger partial charge in [-0.15, -0.1) is 0 Å². The Labute approximate surface area is 222 Å². The van der Waals surface area contributed by atoms with Gasteiger partial charge in [-0.05, 0) is 36.3 Å². The zero-order chi connectivity index (χ0) is 27.2. The second-order valence-corrected chi connectivity index (χ2v) is 8.55. The number of nitrogens with zero attached hydrogens (tertiary/aromatic N) is 3. The van der Waals surface area contributed by atoms with Crippen molar-refractivity contribution < 1.29 is 13.9 Å². The van der Waals surface area contributed by atoms with E-state index in [0.717, 1.165) is 16.9 Å². The van der Waals surface area contributed by atoms with E-state index in [2.05, 4.69) is 20.6 Å². The summed E-state index contributed by atoms with van der Waals surface area (Å²) < 4.78 is 19.2. The predicted molar refractivity (Wildman–Crippen MR) is 148 cm³/mol. The lowest BCUT2D eigenvalue weighted by molar-refractivity contribution is -0.120. The minimum atomic E-state index is -0.281. The van der Waals surface area contributed by atoms with Crippen LogP contribution in [-0.2, 0) is 4.79 Å². The highest BCUT2D eigenvalue weighted by Gasteiger charge is 2.11. The highest BCUT2D eigenvalue weighted by molar-refractivity contribution is 5.86. The van der Waals surface area contributed by atoms with Crippen LogP contribution in [0.3, 0.4) is 0 Å². The summed E-state index contributed by atoms with van der Waals surface area (Å²) in [6.07, 6.45) is 20.0. The summed E-state index contributed by atoms with van der Waals surface area (Å²) in [6, 6.07) is 5.18. The van der Waals surface area contributed by atoms with E-state index in [4.69, 9.17) is 10.5 Å². The van der Waals surface area contributed by atoms with Gasteiger partial charge in [0.25, 0.3) is 0 Å². The van der Waals surface area contributed by atoms with E-state index < -0.39 is 0 Å². The lowest BCUT2D eigenvalue weighted by Gasteiger charge is -2.14. The first-order chi connectivity index (χ1) is 18.4. The molecule has 3 rings (SSSR count). The Bertz CT molecular complexity index is 1290. The first-order valence-corrected chi connectivity index (χ1v) is 12.2. The van der Waals surface area contributed by atoms with Crippen LogP contribution in [-0.4, -0.2) is 36.4 Å². The molecule has 0 radical (unpaired) electrons. The summed E-state index contributed by atoms with van der Waals surface area (Å²) in [5.74, 6) is 1.36. The molecule has 0 saturated heterocycles. The molecule has 2 aliphatic rings. The maximum absolute atomic E-state index is 13.3. The summed E-state index contributed by atoms with van der Waals surface area (Å²) in [7, 11) is 0. The van der Waals surface area contributed by atoms with E-state index in [9.17, 15) is 14.4 Å². The van der Waals surface area contributed by atoms with Crippen molar-refractivity contribution in [2.24, 2.45) is 4.99 Å². The molecular weight excluding hydrogens is 483 g/mol. The quantitative estimate of drug-likeness (QED) is 0.227. The number of nitrogens with one attached hydrogen (secondary N) is 2. The van der Waals surface area contributed by atoms with Crippen molar-refractivity contribution >= 4 is 17.9 Å². The Kier molecular flexibility index (Phi) is 11.0. The Morgan fingerprint density at radius 1 is 1.29 bits per heavy atom. The number of anilines is 1. The van der Waals surface area contributed by atoms with Crippen molar-refractivity contribution in [3.05, 3.63) is 101 Å². The number of nitriles is 1. The summed E-state index contributed by atoms with van der Waals surface area (Å²) in [6.45, 7) is 2.71. The van der Waals surface area contributed by atoms with E-state index in [1.54, 1.807) is 36.6 Å². The van der Waals surface area contributed by atoms with Gasteiger partial charge in [0, 0.05) is 44.3 Å². The molecule has 8 nitrogen and oxygen atoms in total. The van der Waals surface area contributed by atoms with Gasteiger partial charge < -0.3 is 15.8 Å². The molecule has 0 fully saturated rings. The van der Waals surface area contributed by atoms with Gasteiger partial charge in [0.15, 0.2) is 0 Å². The Morgan fingerprint density at radius 3 is 2.95 bits per heavy atom. The van der Waals surface area contributed by atoms with Crippen molar-refractivity contribution in [1.29, 1.82) is 5.26 Å². The molecule has 0 bridgehead atoms.